The average Bonchev–Trinajstić information content (AvgIpc) is 2.36. The van der Waals surface area contributed by atoms with Gasteiger partial charge in [0.05, 0.1) is 6.16 Å². The van der Waals surface area contributed by atoms with Gasteiger partial charge in [-0.25, -0.2) is 0 Å². The summed E-state index contributed by atoms with van der Waals surface area (Å²) in [4.78, 5) is 32.1. The molecule has 2 unspecified atom stereocenters. The Labute approximate surface area is 116 Å². The van der Waals surface area contributed by atoms with Crippen LogP contribution in [0.3, 0.4) is 0 Å². The molecular weight excluding hydrogens is 283 g/mol. The molecule has 0 fully saturated rings. The number of rotatable bonds is 7. The van der Waals surface area contributed by atoms with Gasteiger partial charge in [-0.3, -0.25) is 14.2 Å². The van der Waals surface area contributed by atoms with Gasteiger partial charge in [-0.15, -0.1) is 0 Å². The zero-order valence-electron chi connectivity index (χ0n) is 11.0. The molecular formula is C13H17O6P. The summed E-state index contributed by atoms with van der Waals surface area (Å²) < 4.78 is 12.4. The quantitative estimate of drug-likeness (QED) is 0.665. The minimum Gasteiger partial charge on any atom is -0.481 e. The normalized spacial score (nSPS) is 16.9. The van der Waals surface area contributed by atoms with Crippen LogP contribution < -0.4 is 0 Å². The molecule has 110 valence electrons. The van der Waals surface area contributed by atoms with Crippen molar-refractivity contribution in [2.45, 2.75) is 31.1 Å². The zero-order chi connectivity index (χ0) is 15.4. The van der Waals surface area contributed by atoms with Crippen LogP contribution in [-0.2, 0) is 20.3 Å². The van der Waals surface area contributed by atoms with Crippen LogP contribution in [0.25, 0.3) is 0 Å². The first-order valence-electron chi connectivity index (χ1n) is 6.00. The first-order chi connectivity index (χ1) is 9.19. The molecule has 3 N–H and O–H groups in total. The van der Waals surface area contributed by atoms with E-state index in [-0.39, 0.29) is 6.16 Å². The van der Waals surface area contributed by atoms with Crippen molar-refractivity contribution in [3.63, 3.8) is 0 Å². The molecule has 0 heterocycles. The van der Waals surface area contributed by atoms with Gasteiger partial charge in [0, 0.05) is 6.42 Å². The number of aliphatic carboxylic acids is 2. The molecule has 20 heavy (non-hydrogen) atoms. The largest absolute Gasteiger partial charge is 0.481 e. The number of hydrogen-bond donors (Lipinski definition) is 3. The van der Waals surface area contributed by atoms with Gasteiger partial charge in [-0.1, -0.05) is 30.3 Å². The molecule has 2 atom stereocenters. The molecule has 0 bridgehead atoms. The van der Waals surface area contributed by atoms with Crippen LogP contribution in [0.4, 0.5) is 0 Å². The Hall–Kier alpha value is -1.65. The van der Waals surface area contributed by atoms with Gasteiger partial charge in [0.2, 0.25) is 7.37 Å². The maximum absolute atomic E-state index is 12.4. The lowest BCUT2D eigenvalue weighted by Crippen LogP contribution is -2.36. The highest BCUT2D eigenvalue weighted by molar-refractivity contribution is 7.60. The molecule has 0 aliphatic heterocycles. The van der Waals surface area contributed by atoms with Crippen LogP contribution in [-0.4, -0.2) is 32.2 Å². The molecule has 0 amide bonds. The van der Waals surface area contributed by atoms with E-state index in [9.17, 15) is 24.2 Å². The lowest BCUT2D eigenvalue weighted by Gasteiger charge is -2.29. The van der Waals surface area contributed by atoms with Crippen molar-refractivity contribution in [3.8, 4) is 0 Å². The van der Waals surface area contributed by atoms with Gasteiger partial charge < -0.3 is 15.1 Å². The standard InChI is InChI=1S/C13H17O6P/c1-13(12(16)17,8-7-11(14)15)20(18,19)9-10-5-3-2-4-6-10/h2-6H,7-9H2,1H3,(H,14,15)(H,16,17)(H,18,19). The van der Waals surface area contributed by atoms with E-state index in [1.165, 1.54) is 0 Å². The second kappa shape index (κ2) is 6.20. The van der Waals surface area contributed by atoms with E-state index in [4.69, 9.17) is 5.11 Å². The summed E-state index contributed by atoms with van der Waals surface area (Å²) in [5.74, 6) is -2.65. The third-order valence-corrected chi connectivity index (χ3v) is 6.05. The second-order valence-electron chi connectivity index (χ2n) is 4.82. The molecule has 0 saturated heterocycles. The summed E-state index contributed by atoms with van der Waals surface area (Å²) in [6.07, 6.45) is -1.16. The van der Waals surface area contributed by atoms with Crippen LogP contribution >= 0.6 is 7.37 Å². The Balaban J connectivity index is 3.02. The van der Waals surface area contributed by atoms with Crippen LogP contribution in [0.15, 0.2) is 30.3 Å². The fourth-order valence-electron chi connectivity index (χ4n) is 1.79. The van der Waals surface area contributed by atoms with Gasteiger partial charge in [-0.2, -0.15) is 0 Å². The Morgan fingerprint density at radius 2 is 1.75 bits per heavy atom. The number of carbonyl (C=O) groups is 2. The summed E-state index contributed by atoms with van der Waals surface area (Å²) in [5, 5.41) is 15.9. The molecule has 0 aliphatic carbocycles. The topological polar surface area (TPSA) is 112 Å². The smallest absolute Gasteiger partial charge is 0.319 e. The number of benzene rings is 1. The van der Waals surface area contributed by atoms with Gasteiger partial charge in [0.1, 0.15) is 5.16 Å². The lowest BCUT2D eigenvalue weighted by molar-refractivity contribution is -0.141. The van der Waals surface area contributed by atoms with Gasteiger partial charge in [0.15, 0.2) is 0 Å². The molecule has 6 nitrogen and oxygen atoms in total. The highest BCUT2D eigenvalue weighted by Crippen LogP contribution is 2.59. The van der Waals surface area contributed by atoms with Crippen LogP contribution in [0, 0.1) is 0 Å². The zero-order valence-corrected chi connectivity index (χ0v) is 11.9. The van der Waals surface area contributed by atoms with E-state index in [2.05, 4.69) is 0 Å². The maximum atomic E-state index is 12.4. The second-order valence-corrected chi connectivity index (χ2v) is 7.52. The summed E-state index contributed by atoms with van der Waals surface area (Å²) in [5.41, 5.74) is 0.543. The third-order valence-electron chi connectivity index (χ3n) is 3.30. The van der Waals surface area contributed by atoms with Crippen LogP contribution in [0.5, 0.6) is 0 Å². The Kier molecular flexibility index (Phi) is 5.09. The van der Waals surface area contributed by atoms with Crippen LogP contribution in [0.2, 0.25) is 0 Å². The van der Waals surface area contributed by atoms with Gasteiger partial charge in [0.25, 0.3) is 0 Å². The predicted octanol–water partition coefficient (Wildman–Crippen LogP) is 2.17. The molecule has 1 aromatic rings. The summed E-state index contributed by atoms with van der Waals surface area (Å²) >= 11 is 0. The van der Waals surface area contributed by atoms with E-state index in [0.29, 0.717) is 5.56 Å². The van der Waals surface area contributed by atoms with E-state index in [1.807, 2.05) is 0 Å². The fraction of sp³-hybridized carbons (Fsp3) is 0.385. The fourth-order valence-corrected chi connectivity index (χ4v) is 3.60. The van der Waals surface area contributed by atoms with E-state index in [1.54, 1.807) is 30.3 Å². The molecule has 1 rings (SSSR count). The summed E-state index contributed by atoms with van der Waals surface area (Å²) in [6.45, 7) is 1.13. The molecule has 0 aliphatic rings. The summed E-state index contributed by atoms with van der Waals surface area (Å²) in [7, 11) is -4.11. The Morgan fingerprint density at radius 3 is 2.20 bits per heavy atom. The Morgan fingerprint density at radius 1 is 1.20 bits per heavy atom. The number of carboxylic acid groups (broad SMARTS) is 2. The minimum atomic E-state index is -4.11. The van der Waals surface area contributed by atoms with Gasteiger partial charge >= 0.3 is 11.9 Å². The van der Waals surface area contributed by atoms with E-state index < -0.39 is 37.3 Å². The van der Waals surface area contributed by atoms with Gasteiger partial charge in [-0.05, 0) is 18.9 Å². The van der Waals surface area contributed by atoms with Crippen molar-refractivity contribution < 1.29 is 29.3 Å². The molecule has 0 spiro atoms. The number of carboxylic acids is 2. The molecule has 7 heteroatoms. The SMILES string of the molecule is CC(CCC(=O)O)(C(=O)O)P(=O)(O)Cc1ccccc1. The average molecular weight is 300 g/mol. The van der Waals surface area contributed by atoms with Crippen molar-refractivity contribution >= 4 is 19.3 Å². The first kappa shape index (κ1) is 16.4. The van der Waals surface area contributed by atoms with Crippen molar-refractivity contribution in [2.24, 2.45) is 0 Å². The molecule has 1 aromatic carbocycles. The van der Waals surface area contributed by atoms with Crippen LogP contribution in [0.1, 0.15) is 25.3 Å². The summed E-state index contributed by atoms with van der Waals surface area (Å²) in [6, 6.07) is 8.37. The number of hydrogen-bond acceptors (Lipinski definition) is 3. The third kappa shape index (κ3) is 3.68. The lowest BCUT2D eigenvalue weighted by atomic mass is 10.1. The minimum absolute atomic E-state index is 0.295. The van der Waals surface area contributed by atoms with Crippen molar-refractivity contribution in [1.29, 1.82) is 0 Å². The van der Waals surface area contributed by atoms with E-state index >= 15 is 0 Å². The van der Waals surface area contributed by atoms with E-state index in [0.717, 1.165) is 6.92 Å². The Bertz CT molecular complexity index is 541. The molecule has 0 aromatic heterocycles. The van der Waals surface area contributed by atoms with Crippen molar-refractivity contribution in [3.05, 3.63) is 35.9 Å². The maximum Gasteiger partial charge on any atom is 0.319 e. The highest BCUT2D eigenvalue weighted by Gasteiger charge is 2.49. The predicted molar refractivity (Wildman–Crippen MR) is 72.9 cm³/mol. The molecule has 0 radical (unpaired) electrons. The van der Waals surface area contributed by atoms with Crippen molar-refractivity contribution in [1.82, 2.24) is 0 Å². The molecule has 0 saturated carbocycles. The van der Waals surface area contributed by atoms with Crippen molar-refractivity contribution in [2.75, 3.05) is 0 Å². The monoisotopic (exact) mass is 300 g/mol. The first-order valence-corrected chi connectivity index (χ1v) is 7.84. The highest BCUT2D eigenvalue weighted by atomic mass is 31.2.